The molecule has 1 amide bonds. The molecule has 1 aromatic heterocycles. The van der Waals surface area contributed by atoms with Crippen LogP contribution < -0.4 is 10.2 Å². The second-order valence-corrected chi connectivity index (χ2v) is 4.92. The number of hydrogen-bond donors (Lipinski definition) is 1. The molecule has 1 atom stereocenters. The van der Waals surface area contributed by atoms with Crippen molar-refractivity contribution in [2.45, 2.75) is 26.2 Å². The van der Waals surface area contributed by atoms with Crippen LogP contribution in [0.2, 0.25) is 0 Å². The summed E-state index contributed by atoms with van der Waals surface area (Å²) >= 11 is 0. The first kappa shape index (κ1) is 14.3. The average Bonchev–Trinajstić information content (AvgIpc) is 2.52. The first-order valence-electron chi connectivity index (χ1n) is 7.00. The summed E-state index contributed by atoms with van der Waals surface area (Å²) in [4.78, 5) is 22.3. The average molecular weight is 273 g/mol. The van der Waals surface area contributed by atoms with Crippen LogP contribution in [0.15, 0.2) is 12.4 Å². The molecule has 1 aliphatic rings. The molecule has 0 spiro atoms. The Hall–Kier alpha value is -2.16. The number of nitrogens with one attached hydrogen (secondary N) is 1. The van der Waals surface area contributed by atoms with Gasteiger partial charge in [0.25, 0.3) is 0 Å². The molecule has 2 rings (SSSR count). The Bertz CT molecular complexity index is 511. The van der Waals surface area contributed by atoms with E-state index in [9.17, 15) is 4.79 Å². The molecule has 0 radical (unpaired) electrons. The lowest BCUT2D eigenvalue weighted by molar-refractivity contribution is -0.125. The maximum atomic E-state index is 12.0. The number of rotatable bonds is 4. The molecule has 0 saturated carbocycles. The van der Waals surface area contributed by atoms with Crippen LogP contribution in [-0.2, 0) is 4.79 Å². The fourth-order valence-corrected chi connectivity index (χ4v) is 2.42. The van der Waals surface area contributed by atoms with Crippen molar-refractivity contribution in [2.24, 2.45) is 5.92 Å². The normalized spacial score (nSPS) is 18.4. The molecule has 1 N–H and O–H groups in total. The van der Waals surface area contributed by atoms with E-state index in [-0.39, 0.29) is 11.8 Å². The third-order valence-electron chi connectivity index (χ3n) is 3.43. The number of aromatic nitrogens is 2. The van der Waals surface area contributed by atoms with Gasteiger partial charge in [-0.05, 0) is 19.3 Å². The number of carbonyl (C=O) groups excluding carboxylic acids is 1. The number of piperidine rings is 1. The highest BCUT2D eigenvalue weighted by molar-refractivity contribution is 5.79. The third kappa shape index (κ3) is 3.23. The van der Waals surface area contributed by atoms with E-state index in [0.29, 0.717) is 24.6 Å². The van der Waals surface area contributed by atoms with Gasteiger partial charge in [0, 0.05) is 32.0 Å². The smallest absolute Gasteiger partial charge is 0.224 e. The highest BCUT2D eigenvalue weighted by Gasteiger charge is 2.27. The van der Waals surface area contributed by atoms with Gasteiger partial charge in [0.05, 0.1) is 5.92 Å². The van der Waals surface area contributed by atoms with Gasteiger partial charge >= 0.3 is 0 Å². The van der Waals surface area contributed by atoms with Crippen LogP contribution in [0.25, 0.3) is 0 Å². The topological polar surface area (TPSA) is 81.9 Å². The molecule has 20 heavy (non-hydrogen) atoms. The van der Waals surface area contributed by atoms with Crippen LogP contribution in [0.4, 0.5) is 5.82 Å². The minimum absolute atomic E-state index is 0.0381. The summed E-state index contributed by atoms with van der Waals surface area (Å²) in [5, 5.41) is 12.0. The summed E-state index contributed by atoms with van der Waals surface area (Å²) in [6, 6.07) is 2.06. The molecular weight excluding hydrogens is 254 g/mol. The second kappa shape index (κ2) is 6.85. The van der Waals surface area contributed by atoms with Crippen LogP contribution in [-0.4, -0.2) is 35.5 Å². The van der Waals surface area contributed by atoms with Crippen LogP contribution in [0.1, 0.15) is 31.9 Å². The molecule has 6 nitrogen and oxygen atoms in total. The number of carbonyl (C=O) groups is 1. The second-order valence-electron chi connectivity index (χ2n) is 4.92. The number of amides is 1. The van der Waals surface area contributed by atoms with E-state index in [0.717, 1.165) is 25.8 Å². The maximum Gasteiger partial charge on any atom is 0.224 e. The molecule has 106 valence electrons. The van der Waals surface area contributed by atoms with Crippen LogP contribution >= 0.6 is 0 Å². The number of nitriles is 1. The van der Waals surface area contributed by atoms with E-state index < -0.39 is 0 Å². The molecule has 1 aromatic rings. The Morgan fingerprint density at radius 3 is 3.10 bits per heavy atom. The van der Waals surface area contributed by atoms with E-state index in [1.165, 1.54) is 6.20 Å². The minimum atomic E-state index is -0.0381. The van der Waals surface area contributed by atoms with Gasteiger partial charge < -0.3 is 10.2 Å². The summed E-state index contributed by atoms with van der Waals surface area (Å²) in [5.41, 5.74) is 0.321. The van der Waals surface area contributed by atoms with Gasteiger partial charge in [-0.3, -0.25) is 4.79 Å². The molecule has 6 heteroatoms. The van der Waals surface area contributed by atoms with Gasteiger partial charge in [-0.2, -0.15) is 5.26 Å². The predicted octanol–water partition coefficient (Wildman–Crippen LogP) is 1.09. The van der Waals surface area contributed by atoms with E-state index >= 15 is 0 Å². The molecule has 0 bridgehead atoms. The zero-order valence-corrected chi connectivity index (χ0v) is 11.7. The van der Waals surface area contributed by atoms with E-state index in [2.05, 4.69) is 21.4 Å². The number of hydrogen-bond acceptors (Lipinski definition) is 5. The van der Waals surface area contributed by atoms with E-state index in [4.69, 9.17) is 5.26 Å². The van der Waals surface area contributed by atoms with Crippen molar-refractivity contribution < 1.29 is 4.79 Å². The van der Waals surface area contributed by atoms with Gasteiger partial charge in [-0.1, -0.05) is 6.92 Å². The fraction of sp³-hybridized carbons (Fsp3) is 0.571. The van der Waals surface area contributed by atoms with Crippen molar-refractivity contribution in [3.63, 3.8) is 0 Å². The third-order valence-corrected chi connectivity index (χ3v) is 3.43. The Morgan fingerprint density at radius 1 is 1.55 bits per heavy atom. The SMILES string of the molecule is CCCNC(=O)C1CCCN(c2nccnc2C#N)C1. The minimum Gasteiger partial charge on any atom is -0.356 e. The van der Waals surface area contributed by atoms with Gasteiger partial charge in [-0.25, -0.2) is 9.97 Å². The van der Waals surface area contributed by atoms with Crippen molar-refractivity contribution in [3.05, 3.63) is 18.1 Å². The fourth-order valence-electron chi connectivity index (χ4n) is 2.42. The van der Waals surface area contributed by atoms with Gasteiger partial charge in [0.1, 0.15) is 6.07 Å². The van der Waals surface area contributed by atoms with Gasteiger partial charge in [0.2, 0.25) is 5.91 Å². The Kier molecular flexibility index (Phi) is 4.88. The maximum absolute atomic E-state index is 12.0. The van der Waals surface area contributed by atoms with Crippen molar-refractivity contribution in [3.8, 4) is 6.07 Å². The first-order chi connectivity index (χ1) is 9.76. The lowest BCUT2D eigenvalue weighted by atomic mass is 9.97. The zero-order chi connectivity index (χ0) is 14.4. The van der Waals surface area contributed by atoms with Gasteiger partial charge in [-0.15, -0.1) is 0 Å². The Labute approximate surface area is 118 Å². The molecule has 1 saturated heterocycles. The molecular formula is C14H19N5O. The lowest BCUT2D eigenvalue weighted by Gasteiger charge is -2.32. The van der Waals surface area contributed by atoms with E-state index in [1.807, 2.05) is 11.8 Å². The lowest BCUT2D eigenvalue weighted by Crippen LogP contribution is -2.43. The number of anilines is 1. The Morgan fingerprint density at radius 2 is 2.35 bits per heavy atom. The standard InChI is InChI=1S/C14H19N5O/c1-2-5-18-14(20)11-4-3-8-19(10-11)13-12(9-15)16-6-7-17-13/h6-7,11H,2-5,8,10H2,1H3,(H,18,20). The number of nitrogens with zero attached hydrogens (tertiary/aromatic N) is 4. The van der Waals surface area contributed by atoms with Crippen molar-refractivity contribution in [1.82, 2.24) is 15.3 Å². The van der Waals surface area contributed by atoms with Gasteiger partial charge in [0.15, 0.2) is 11.5 Å². The largest absolute Gasteiger partial charge is 0.356 e. The molecule has 1 fully saturated rings. The van der Waals surface area contributed by atoms with Crippen LogP contribution in [0, 0.1) is 17.2 Å². The Balaban J connectivity index is 2.07. The summed E-state index contributed by atoms with van der Waals surface area (Å²) in [7, 11) is 0. The molecule has 1 aliphatic heterocycles. The van der Waals surface area contributed by atoms with Crippen molar-refractivity contribution >= 4 is 11.7 Å². The summed E-state index contributed by atoms with van der Waals surface area (Å²) in [6.07, 6.45) is 5.83. The highest BCUT2D eigenvalue weighted by Crippen LogP contribution is 2.23. The van der Waals surface area contributed by atoms with Crippen LogP contribution in [0.3, 0.4) is 0 Å². The van der Waals surface area contributed by atoms with Crippen molar-refractivity contribution in [2.75, 3.05) is 24.5 Å². The summed E-state index contributed by atoms with van der Waals surface area (Å²) < 4.78 is 0. The summed E-state index contributed by atoms with van der Waals surface area (Å²) in [6.45, 7) is 4.16. The molecule has 1 unspecified atom stereocenters. The highest BCUT2D eigenvalue weighted by atomic mass is 16.1. The summed E-state index contributed by atoms with van der Waals surface area (Å²) in [5.74, 6) is 0.644. The van der Waals surface area contributed by atoms with Crippen molar-refractivity contribution in [1.29, 1.82) is 5.26 Å². The molecule has 0 aromatic carbocycles. The van der Waals surface area contributed by atoms with E-state index in [1.54, 1.807) is 6.20 Å². The zero-order valence-electron chi connectivity index (χ0n) is 11.7. The first-order valence-corrected chi connectivity index (χ1v) is 7.00. The predicted molar refractivity (Wildman–Crippen MR) is 75.0 cm³/mol. The quantitative estimate of drug-likeness (QED) is 0.888. The molecule has 0 aliphatic carbocycles. The monoisotopic (exact) mass is 273 g/mol. The van der Waals surface area contributed by atoms with Crippen LogP contribution in [0.5, 0.6) is 0 Å². The molecule has 2 heterocycles.